The van der Waals surface area contributed by atoms with Crippen LogP contribution >= 0.6 is 0 Å². The number of benzene rings is 2. The second-order valence-electron chi connectivity index (χ2n) is 6.83. The minimum atomic E-state index is -0.756. The first-order chi connectivity index (χ1) is 14.0. The molecule has 0 unspecified atom stereocenters. The maximum atomic E-state index is 14.4. The number of hydrogen-bond acceptors (Lipinski definition) is 5. The van der Waals surface area contributed by atoms with Crippen LogP contribution in [0.4, 0.5) is 15.8 Å². The van der Waals surface area contributed by atoms with Gasteiger partial charge in [-0.15, -0.1) is 10.2 Å². The largest absolute Gasteiger partial charge is 0.319 e. The number of rotatable bonds is 4. The van der Waals surface area contributed by atoms with E-state index in [9.17, 15) is 19.3 Å². The molecule has 0 saturated heterocycles. The molecule has 0 fully saturated rings. The topological polar surface area (TPSA) is 103 Å². The van der Waals surface area contributed by atoms with Crippen molar-refractivity contribution in [2.24, 2.45) is 0 Å². The number of carbonyl (C=O) groups is 1. The zero-order valence-electron chi connectivity index (χ0n) is 15.5. The first-order valence-corrected chi connectivity index (χ1v) is 9.31. The van der Waals surface area contributed by atoms with Crippen molar-refractivity contribution in [1.82, 2.24) is 14.8 Å². The minimum absolute atomic E-state index is 0.0726. The van der Waals surface area contributed by atoms with Crippen molar-refractivity contribution in [1.29, 1.82) is 0 Å². The van der Waals surface area contributed by atoms with Gasteiger partial charge in [-0.3, -0.25) is 14.9 Å². The monoisotopic (exact) mass is 395 g/mol. The first kappa shape index (κ1) is 18.7. The smallest absolute Gasteiger partial charge is 0.282 e. The van der Waals surface area contributed by atoms with Gasteiger partial charge in [0.15, 0.2) is 5.82 Å². The van der Waals surface area contributed by atoms with Gasteiger partial charge in [-0.2, -0.15) is 0 Å². The Balaban J connectivity index is 1.66. The molecular weight excluding hydrogens is 377 g/mol. The van der Waals surface area contributed by atoms with Crippen molar-refractivity contribution < 1.29 is 14.1 Å². The molecule has 0 atom stereocenters. The number of aryl methyl sites for hydroxylation is 1. The lowest BCUT2D eigenvalue weighted by Gasteiger charge is -2.10. The molecule has 0 saturated carbocycles. The van der Waals surface area contributed by atoms with E-state index < -0.39 is 16.6 Å². The summed E-state index contributed by atoms with van der Waals surface area (Å²) in [7, 11) is 0. The van der Waals surface area contributed by atoms with E-state index >= 15 is 0 Å². The van der Waals surface area contributed by atoms with E-state index in [-0.39, 0.29) is 16.9 Å². The third-order valence-electron chi connectivity index (χ3n) is 4.93. The van der Waals surface area contributed by atoms with Crippen molar-refractivity contribution in [3.8, 4) is 11.4 Å². The number of nitro groups is 1. The number of halogens is 1. The second kappa shape index (κ2) is 7.78. The van der Waals surface area contributed by atoms with Crippen LogP contribution in [0.3, 0.4) is 0 Å². The summed E-state index contributed by atoms with van der Waals surface area (Å²) in [6.45, 7) is 0.785. The lowest BCUT2D eigenvalue weighted by atomic mass is 10.1. The van der Waals surface area contributed by atoms with E-state index in [0.717, 1.165) is 38.1 Å². The highest BCUT2D eigenvalue weighted by Gasteiger charge is 2.21. The van der Waals surface area contributed by atoms with Gasteiger partial charge in [0.2, 0.25) is 0 Å². The van der Waals surface area contributed by atoms with Crippen LogP contribution in [0.1, 0.15) is 35.4 Å². The van der Waals surface area contributed by atoms with Crippen LogP contribution in [-0.2, 0) is 13.0 Å². The lowest BCUT2D eigenvalue weighted by Crippen LogP contribution is -2.15. The molecule has 148 valence electrons. The van der Waals surface area contributed by atoms with Crippen molar-refractivity contribution in [2.45, 2.75) is 32.2 Å². The Bertz CT molecular complexity index is 1100. The summed E-state index contributed by atoms with van der Waals surface area (Å²) >= 11 is 0. The molecule has 3 aromatic rings. The van der Waals surface area contributed by atoms with E-state index in [0.29, 0.717) is 11.4 Å². The number of nitro benzene ring substituents is 1. The SMILES string of the molecule is O=C(Nc1cc(-c2nnc3n2CCCCC3)ccc1F)c1ccccc1[N+](=O)[O-]. The highest BCUT2D eigenvalue weighted by atomic mass is 19.1. The number of hydrogen-bond donors (Lipinski definition) is 1. The third-order valence-corrected chi connectivity index (χ3v) is 4.93. The van der Waals surface area contributed by atoms with Gasteiger partial charge < -0.3 is 9.88 Å². The standard InChI is InChI=1S/C20H18FN5O3/c21-15-10-9-13(19-24-23-18-8-2-1-5-11-25(18)19)12-16(15)22-20(27)14-6-3-4-7-17(14)26(28)29/h3-4,6-7,9-10,12H,1-2,5,8,11H2,(H,22,27). The summed E-state index contributed by atoms with van der Waals surface area (Å²) < 4.78 is 16.4. The maximum Gasteiger partial charge on any atom is 0.282 e. The van der Waals surface area contributed by atoms with Gasteiger partial charge in [-0.25, -0.2) is 4.39 Å². The van der Waals surface area contributed by atoms with E-state index in [1.54, 1.807) is 6.07 Å². The molecule has 0 bridgehead atoms. The van der Waals surface area contributed by atoms with Gasteiger partial charge in [-0.1, -0.05) is 18.6 Å². The van der Waals surface area contributed by atoms with E-state index in [1.165, 1.54) is 36.4 Å². The van der Waals surface area contributed by atoms with E-state index in [1.807, 2.05) is 4.57 Å². The molecule has 9 heteroatoms. The van der Waals surface area contributed by atoms with E-state index in [2.05, 4.69) is 15.5 Å². The molecule has 0 aliphatic carbocycles. The normalized spacial score (nSPS) is 13.4. The van der Waals surface area contributed by atoms with Crippen molar-refractivity contribution in [3.63, 3.8) is 0 Å². The van der Waals surface area contributed by atoms with Crippen LogP contribution in [0.2, 0.25) is 0 Å². The molecule has 0 spiro atoms. The number of nitrogens with one attached hydrogen (secondary N) is 1. The molecule has 1 N–H and O–H groups in total. The Hall–Kier alpha value is -3.62. The number of fused-ring (bicyclic) bond motifs is 1. The van der Waals surface area contributed by atoms with Crippen LogP contribution in [0, 0.1) is 15.9 Å². The molecule has 1 amide bonds. The molecule has 1 aliphatic heterocycles. The predicted octanol–water partition coefficient (Wildman–Crippen LogP) is 3.97. The fourth-order valence-corrected chi connectivity index (χ4v) is 3.47. The summed E-state index contributed by atoms with van der Waals surface area (Å²) in [5, 5.41) is 22.1. The summed E-state index contributed by atoms with van der Waals surface area (Å²) in [4.78, 5) is 23.1. The van der Waals surface area contributed by atoms with Crippen LogP contribution in [0.5, 0.6) is 0 Å². The number of amides is 1. The van der Waals surface area contributed by atoms with Crippen molar-refractivity contribution in [3.05, 3.63) is 69.8 Å². The summed E-state index contributed by atoms with van der Waals surface area (Å²) in [6, 6.07) is 9.83. The molecule has 29 heavy (non-hydrogen) atoms. The minimum Gasteiger partial charge on any atom is -0.319 e. The molecular formula is C20H18FN5O3. The molecule has 2 aromatic carbocycles. The molecule has 2 heterocycles. The Kier molecular flexibility index (Phi) is 5.03. The quantitative estimate of drug-likeness (QED) is 0.532. The van der Waals surface area contributed by atoms with Gasteiger partial charge in [0.05, 0.1) is 10.6 Å². The Labute approximate surface area is 165 Å². The zero-order chi connectivity index (χ0) is 20.4. The predicted molar refractivity (Wildman–Crippen MR) is 104 cm³/mol. The number of carbonyl (C=O) groups excluding carboxylic acids is 1. The van der Waals surface area contributed by atoms with Crippen LogP contribution < -0.4 is 5.32 Å². The summed E-state index contributed by atoms with van der Waals surface area (Å²) in [6.07, 6.45) is 4.03. The summed E-state index contributed by atoms with van der Waals surface area (Å²) in [5.41, 5.74) is 0.0597. The van der Waals surface area contributed by atoms with Crippen LogP contribution in [0.25, 0.3) is 11.4 Å². The lowest BCUT2D eigenvalue weighted by molar-refractivity contribution is -0.385. The Morgan fingerprint density at radius 1 is 1.14 bits per heavy atom. The highest BCUT2D eigenvalue weighted by Crippen LogP contribution is 2.27. The molecule has 1 aromatic heterocycles. The number of aromatic nitrogens is 3. The third kappa shape index (κ3) is 3.71. The highest BCUT2D eigenvalue weighted by molar-refractivity contribution is 6.07. The number of anilines is 1. The number of para-hydroxylation sites is 1. The average molecular weight is 395 g/mol. The fraction of sp³-hybridized carbons (Fsp3) is 0.250. The van der Waals surface area contributed by atoms with Crippen LogP contribution in [-0.4, -0.2) is 25.6 Å². The Morgan fingerprint density at radius 2 is 1.97 bits per heavy atom. The molecule has 8 nitrogen and oxygen atoms in total. The van der Waals surface area contributed by atoms with Gasteiger partial charge in [0, 0.05) is 24.6 Å². The average Bonchev–Trinajstić information content (AvgIpc) is 2.97. The fourth-order valence-electron chi connectivity index (χ4n) is 3.47. The van der Waals surface area contributed by atoms with Crippen molar-refractivity contribution in [2.75, 3.05) is 5.32 Å². The molecule has 4 rings (SSSR count). The van der Waals surface area contributed by atoms with Crippen molar-refractivity contribution >= 4 is 17.3 Å². The first-order valence-electron chi connectivity index (χ1n) is 9.31. The second-order valence-corrected chi connectivity index (χ2v) is 6.83. The van der Waals surface area contributed by atoms with Crippen LogP contribution in [0.15, 0.2) is 42.5 Å². The Morgan fingerprint density at radius 3 is 2.79 bits per heavy atom. The summed E-state index contributed by atoms with van der Waals surface area (Å²) in [5.74, 6) is 0.111. The molecule has 0 radical (unpaired) electrons. The van der Waals surface area contributed by atoms with Gasteiger partial charge >= 0.3 is 0 Å². The van der Waals surface area contributed by atoms with Gasteiger partial charge in [0.25, 0.3) is 11.6 Å². The molecule has 1 aliphatic rings. The van der Waals surface area contributed by atoms with Gasteiger partial charge in [0.1, 0.15) is 17.2 Å². The number of nitrogens with zero attached hydrogens (tertiary/aromatic N) is 4. The maximum absolute atomic E-state index is 14.4. The van der Waals surface area contributed by atoms with Gasteiger partial charge in [-0.05, 0) is 37.1 Å². The zero-order valence-corrected chi connectivity index (χ0v) is 15.5. The van der Waals surface area contributed by atoms with E-state index in [4.69, 9.17) is 0 Å².